The Balaban J connectivity index is 2.07. The standard InChI is InChI=1S/C17H17N3O/c1-10-4-5-13(8-16(10)21)20-17-14-6-11(2)12(3)7-15(14)18-9-19-17/h4-9,21H,1-3H3,(H,18,19,20). The van der Waals surface area contributed by atoms with Crippen LogP contribution in [0, 0.1) is 20.8 Å². The Morgan fingerprint density at radius 2 is 1.67 bits per heavy atom. The van der Waals surface area contributed by atoms with E-state index in [4.69, 9.17) is 0 Å². The number of nitrogens with zero attached hydrogens (tertiary/aromatic N) is 2. The fourth-order valence-corrected chi connectivity index (χ4v) is 2.24. The van der Waals surface area contributed by atoms with E-state index in [0.29, 0.717) is 0 Å². The van der Waals surface area contributed by atoms with Crippen LogP contribution in [0.15, 0.2) is 36.7 Å². The first-order valence-corrected chi connectivity index (χ1v) is 6.83. The number of aromatic hydroxyl groups is 1. The molecule has 2 N–H and O–H groups in total. The van der Waals surface area contributed by atoms with Gasteiger partial charge in [-0.3, -0.25) is 0 Å². The molecule has 0 aliphatic heterocycles. The van der Waals surface area contributed by atoms with Crippen molar-refractivity contribution in [2.24, 2.45) is 0 Å². The third-order valence-corrected chi connectivity index (χ3v) is 3.72. The van der Waals surface area contributed by atoms with Gasteiger partial charge in [0.05, 0.1) is 5.52 Å². The third kappa shape index (κ3) is 2.52. The monoisotopic (exact) mass is 279 g/mol. The van der Waals surface area contributed by atoms with E-state index in [1.165, 1.54) is 11.1 Å². The van der Waals surface area contributed by atoms with E-state index < -0.39 is 0 Å². The van der Waals surface area contributed by atoms with E-state index in [1.54, 1.807) is 12.4 Å². The van der Waals surface area contributed by atoms with Gasteiger partial charge < -0.3 is 10.4 Å². The van der Waals surface area contributed by atoms with Crippen molar-refractivity contribution in [3.8, 4) is 5.75 Å². The Kier molecular flexibility index (Phi) is 3.22. The highest BCUT2D eigenvalue weighted by Crippen LogP contribution is 2.27. The van der Waals surface area contributed by atoms with Crippen LogP contribution >= 0.6 is 0 Å². The highest BCUT2D eigenvalue weighted by atomic mass is 16.3. The van der Waals surface area contributed by atoms with Crippen LogP contribution in [0.25, 0.3) is 10.9 Å². The number of phenolic OH excluding ortho intramolecular Hbond substituents is 1. The maximum atomic E-state index is 9.80. The molecule has 21 heavy (non-hydrogen) atoms. The van der Waals surface area contributed by atoms with Gasteiger partial charge in [0.2, 0.25) is 0 Å². The summed E-state index contributed by atoms with van der Waals surface area (Å²) in [5.74, 6) is 1.01. The fourth-order valence-electron chi connectivity index (χ4n) is 2.24. The van der Waals surface area contributed by atoms with Crippen LogP contribution < -0.4 is 5.32 Å². The van der Waals surface area contributed by atoms with E-state index in [1.807, 2.05) is 19.1 Å². The number of phenols is 1. The minimum atomic E-state index is 0.269. The molecule has 2 aromatic carbocycles. The van der Waals surface area contributed by atoms with Crippen LogP contribution in [0.3, 0.4) is 0 Å². The molecule has 0 aliphatic carbocycles. The molecule has 0 atom stereocenters. The lowest BCUT2D eigenvalue weighted by Gasteiger charge is -2.11. The maximum Gasteiger partial charge on any atom is 0.141 e. The van der Waals surface area contributed by atoms with Crippen molar-refractivity contribution in [1.29, 1.82) is 0 Å². The van der Waals surface area contributed by atoms with Crippen molar-refractivity contribution in [1.82, 2.24) is 9.97 Å². The second-order valence-electron chi connectivity index (χ2n) is 5.30. The zero-order valence-corrected chi connectivity index (χ0v) is 12.3. The first kappa shape index (κ1) is 13.4. The van der Waals surface area contributed by atoms with Crippen LogP contribution in [0.1, 0.15) is 16.7 Å². The molecule has 0 amide bonds. The summed E-state index contributed by atoms with van der Waals surface area (Å²) < 4.78 is 0. The average Bonchev–Trinajstić information content (AvgIpc) is 2.45. The fraction of sp³-hybridized carbons (Fsp3) is 0.176. The molecule has 0 fully saturated rings. The lowest BCUT2D eigenvalue weighted by atomic mass is 10.1. The quantitative estimate of drug-likeness (QED) is 0.744. The number of rotatable bonds is 2. The molecule has 0 saturated heterocycles. The summed E-state index contributed by atoms with van der Waals surface area (Å²) in [5, 5.41) is 14.0. The summed E-state index contributed by atoms with van der Waals surface area (Å²) in [5.41, 5.74) is 4.97. The normalized spacial score (nSPS) is 10.8. The van der Waals surface area contributed by atoms with Gasteiger partial charge in [-0.2, -0.15) is 0 Å². The van der Waals surface area contributed by atoms with Crippen molar-refractivity contribution in [3.63, 3.8) is 0 Å². The second-order valence-corrected chi connectivity index (χ2v) is 5.30. The average molecular weight is 279 g/mol. The number of fused-ring (bicyclic) bond motifs is 1. The lowest BCUT2D eigenvalue weighted by Crippen LogP contribution is -1.97. The molecule has 4 heteroatoms. The summed E-state index contributed by atoms with van der Waals surface area (Å²) in [6, 6.07) is 9.63. The number of aromatic nitrogens is 2. The van der Waals surface area contributed by atoms with E-state index in [0.717, 1.165) is 28.0 Å². The highest BCUT2D eigenvalue weighted by Gasteiger charge is 2.07. The number of hydrogen-bond acceptors (Lipinski definition) is 4. The van der Waals surface area contributed by atoms with Gasteiger partial charge in [0, 0.05) is 17.1 Å². The predicted molar refractivity (Wildman–Crippen MR) is 85.1 cm³/mol. The SMILES string of the molecule is Cc1cc2ncnc(Nc3ccc(C)c(O)c3)c2cc1C. The molecule has 3 rings (SSSR count). The van der Waals surface area contributed by atoms with Gasteiger partial charge in [-0.15, -0.1) is 0 Å². The van der Waals surface area contributed by atoms with E-state index in [2.05, 4.69) is 41.3 Å². The van der Waals surface area contributed by atoms with Crippen molar-refractivity contribution in [2.75, 3.05) is 5.32 Å². The summed E-state index contributed by atoms with van der Waals surface area (Å²) in [6.07, 6.45) is 1.55. The van der Waals surface area contributed by atoms with Crippen molar-refractivity contribution in [2.45, 2.75) is 20.8 Å². The topological polar surface area (TPSA) is 58.0 Å². The van der Waals surface area contributed by atoms with Crippen LogP contribution in [0.4, 0.5) is 11.5 Å². The summed E-state index contributed by atoms with van der Waals surface area (Å²) in [7, 11) is 0. The summed E-state index contributed by atoms with van der Waals surface area (Å²) in [6.45, 7) is 6.01. The highest BCUT2D eigenvalue weighted by molar-refractivity contribution is 5.91. The zero-order chi connectivity index (χ0) is 15.0. The molecule has 0 saturated carbocycles. The Labute approximate surface area is 123 Å². The molecule has 0 radical (unpaired) electrons. The summed E-state index contributed by atoms with van der Waals surface area (Å²) in [4.78, 5) is 8.64. The van der Waals surface area contributed by atoms with Gasteiger partial charge in [-0.05, 0) is 55.7 Å². The second kappa shape index (κ2) is 5.05. The van der Waals surface area contributed by atoms with Crippen molar-refractivity contribution >= 4 is 22.4 Å². The molecule has 0 aliphatic rings. The van der Waals surface area contributed by atoms with Crippen molar-refractivity contribution in [3.05, 3.63) is 53.3 Å². The number of anilines is 2. The maximum absolute atomic E-state index is 9.80. The zero-order valence-electron chi connectivity index (χ0n) is 12.3. The molecule has 3 aromatic rings. The summed E-state index contributed by atoms with van der Waals surface area (Å²) >= 11 is 0. The number of benzene rings is 2. The minimum Gasteiger partial charge on any atom is -0.508 e. The smallest absolute Gasteiger partial charge is 0.141 e. The van der Waals surface area contributed by atoms with E-state index in [-0.39, 0.29) is 5.75 Å². The van der Waals surface area contributed by atoms with Gasteiger partial charge in [-0.25, -0.2) is 9.97 Å². The molecule has 0 unspecified atom stereocenters. The van der Waals surface area contributed by atoms with Crippen molar-refractivity contribution < 1.29 is 5.11 Å². The number of aryl methyl sites for hydroxylation is 3. The van der Waals surface area contributed by atoms with Gasteiger partial charge in [0.25, 0.3) is 0 Å². The predicted octanol–water partition coefficient (Wildman–Crippen LogP) is 4.00. The molecule has 1 aromatic heterocycles. The lowest BCUT2D eigenvalue weighted by molar-refractivity contribution is 0.471. The number of nitrogens with one attached hydrogen (secondary N) is 1. The first-order chi connectivity index (χ1) is 10.0. The minimum absolute atomic E-state index is 0.269. The molecule has 0 bridgehead atoms. The van der Waals surface area contributed by atoms with E-state index >= 15 is 0 Å². The Morgan fingerprint density at radius 3 is 2.43 bits per heavy atom. The van der Waals surface area contributed by atoms with Gasteiger partial charge in [-0.1, -0.05) is 6.07 Å². The molecule has 0 spiro atoms. The Bertz CT molecular complexity index is 828. The molecular weight excluding hydrogens is 262 g/mol. The Morgan fingerprint density at radius 1 is 0.905 bits per heavy atom. The first-order valence-electron chi connectivity index (χ1n) is 6.83. The third-order valence-electron chi connectivity index (χ3n) is 3.72. The molecule has 1 heterocycles. The molecular formula is C17H17N3O. The van der Waals surface area contributed by atoms with Crippen LogP contribution in [0.5, 0.6) is 5.75 Å². The van der Waals surface area contributed by atoms with Crippen LogP contribution in [-0.4, -0.2) is 15.1 Å². The Hall–Kier alpha value is -2.62. The molecule has 4 nitrogen and oxygen atoms in total. The van der Waals surface area contributed by atoms with Gasteiger partial charge in [0.1, 0.15) is 17.9 Å². The van der Waals surface area contributed by atoms with Crippen LogP contribution in [-0.2, 0) is 0 Å². The molecule has 106 valence electrons. The largest absolute Gasteiger partial charge is 0.508 e. The van der Waals surface area contributed by atoms with Crippen LogP contribution in [0.2, 0.25) is 0 Å². The van der Waals surface area contributed by atoms with Gasteiger partial charge >= 0.3 is 0 Å². The number of hydrogen-bond donors (Lipinski definition) is 2. The van der Waals surface area contributed by atoms with E-state index in [9.17, 15) is 5.11 Å². The van der Waals surface area contributed by atoms with Gasteiger partial charge in [0.15, 0.2) is 0 Å².